The molecule has 0 amide bonds. The molecule has 2 heterocycles. The molecular formula is C15H17N5O. The minimum atomic E-state index is 0.287. The van der Waals surface area contributed by atoms with Gasteiger partial charge in [-0.05, 0) is 31.0 Å². The fourth-order valence-electron chi connectivity index (χ4n) is 2.25. The van der Waals surface area contributed by atoms with E-state index in [9.17, 15) is 5.11 Å². The number of hydrogen-bond acceptors (Lipinski definition) is 5. The molecule has 0 fully saturated rings. The average molecular weight is 283 g/mol. The highest BCUT2D eigenvalue weighted by atomic mass is 16.3. The molecule has 2 aromatic heterocycles. The van der Waals surface area contributed by atoms with Crippen molar-refractivity contribution in [1.29, 1.82) is 0 Å². The Labute approximate surface area is 122 Å². The first kappa shape index (κ1) is 13.4. The third-order valence-electron chi connectivity index (χ3n) is 3.35. The van der Waals surface area contributed by atoms with Gasteiger partial charge in [0.25, 0.3) is 0 Å². The van der Waals surface area contributed by atoms with E-state index in [-0.39, 0.29) is 5.75 Å². The molecule has 0 unspecified atom stereocenters. The van der Waals surface area contributed by atoms with Gasteiger partial charge in [0.1, 0.15) is 17.4 Å². The van der Waals surface area contributed by atoms with Gasteiger partial charge in [-0.2, -0.15) is 5.10 Å². The maximum absolute atomic E-state index is 9.27. The maximum Gasteiger partial charge on any atom is 0.163 e. The molecule has 0 bridgehead atoms. The first-order valence-corrected chi connectivity index (χ1v) is 6.81. The van der Waals surface area contributed by atoms with E-state index >= 15 is 0 Å². The van der Waals surface area contributed by atoms with Gasteiger partial charge in [-0.3, -0.25) is 4.68 Å². The minimum absolute atomic E-state index is 0.287. The van der Waals surface area contributed by atoms with Crippen LogP contribution in [0.3, 0.4) is 0 Å². The molecule has 0 aliphatic rings. The number of rotatable bonds is 4. The Hall–Kier alpha value is -2.63. The standard InChI is InChI=1S/C15H17N5O/c1-10-18-14(13-9-17-20(2)15(13)19-10)16-8-7-11-3-5-12(21)6-4-11/h3-6,9,21H,7-8H2,1-2H3,(H,16,18,19). The molecule has 3 rings (SSSR count). The summed E-state index contributed by atoms with van der Waals surface area (Å²) < 4.78 is 1.75. The van der Waals surface area contributed by atoms with Crippen LogP contribution in [-0.4, -0.2) is 31.4 Å². The molecule has 1 aromatic carbocycles. The number of aromatic hydroxyl groups is 1. The summed E-state index contributed by atoms with van der Waals surface area (Å²) in [5, 5.41) is 17.8. The molecule has 0 saturated carbocycles. The van der Waals surface area contributed by atoms with E-state index in [0.717, 1.165) is 41.2 Å². The molecule has 21 heavy (non-hydrogen) atoms. The largest absolute Gasteiger partial charge is 0.508 e. The number of aryl methyl sites for hydroxylation is 2. The third-order valence-corrected chi connectivity index (χ3v) is 3.35. The number of nitrogens with zero attached hydrogens (tertiary/aromatic N) is 4. The maximum atomic E-state index is 9.27. The van der Waals surface area contributed by atoms with Gasteiger partial charge in [0.05, 0.1) is 11.6 Å². The summed E-state index contributed by atoms with van der Waals surface area (Å²) in [6, 6.07) is 7.23. The highest BCUT2D eigenvalue weighted by Gasteiger charge is 2.09. The summed E-state index contributed by atoms with van der Waals surface area (Å²) in [4.78, 5) is 8.84. The van der Waals surface area contributed by atoms with E-state index in [1.807, 2.05) is 26.1 Å². The number of anilines is 1. The van der Waals surface area contributed by atoms with Crippen molar-refractivity contribution in [3.8, 4) is 5.75 Å². The van der Waals surface area contributed by atoms with Crippen molar-refractivity contribution in [2.24, 2.45) is 7.05 Å². The van der Waals surface area contributed by atoms with Crippen LogP contribution in [0.5, 0.6) is 5.75 Å². The minimum Gasteiger partial charge on any atom is -0.508 e. The van der Waals surface area contributed by atoms with Crippen molar-refractivity contribution in [1.82, 2.24) is 19.7 Å². The number of benzene rings is 1. The summed E-state index contributed by atoms with van der Waals surface area (Å²) >= 11 is 0. The van der Waals surface area contributed by atoms with E-state index < -0.39 is 0 Å². The van der Waals surface area contributed by atoms with E-state index in [4.69, 9.17) is 0 Å². The van der Waals surface area contributed by atoms with Crippen molar-refractivity contribution in [2.75, 3.05) is 11.9 Å². The molecular weight excluding hydrogens is 266 g/mol. The van der Waals surface area contributed by atoms with Crippen LogP contribution in [0.1, 0.15) is 11.4 Å². The van der Waals surface area contributed by atoms with Gasteiger partial charge in [-0.25, -0.2) is 9.97 Å². The Morgan fingerprint density at radius 2 is 1.95 bits per heavy atom. The second kappa shape index (κ2) is 5.40. The fraction of sp³-hybridized carbons (Fsp3) is 0.267. The Kier molecular flexibility index (Phi) is 3.43. The van der Waals surface area contributed by atoms with Crippen molar-refractivity contribution in [3.05, 3.63) is 41.9 Å². The van der Waals surface area contributed by atoms with Crippen molar-refractivity contribution in [3.63, 3.8) is 0 Å². The normalized spacial score (nSPS) is 11.0. The number of phenols is 1. The summed E-state index contributed by atoms with van der Waals surface area (Å²) in [5.74, 6) is 1.82. The van der Waals surface area contributed by atoms with Crippen LogP contribution in [0.15, 0.2) is 30.5 Å². The highest BCUT2D eigenvalue weighted by Crippen LogP contribution is 2.19. The van der Waals surface area contributed by atoms with E-state index in [1.165, 1.54) is 0 Å². The number of phenolic OH excluding ortho intramolecular Hbond substituents is 1. The molecule has 0 aliphatic carbocycles. The van der Waals surface area contributed by atoms with E-state index in [0.29, 0.717) is 0 Å². The first-order valence-electron chi connectivity index (χ1n) is 6.81. The number of fused-ring (bicyclic) bond motifs is 1. The van der Waals surface area contributed by atoms with Gasteiger partial charge >= 0.3 is 0 Å². The first-order chi connectivity index (χ1) is 10.1. The monoisotopic (exact) mass is 283 g/mol. The second-order valence-corrected chi connectivity index (χ2v) is 4.97. The summed E-state index contributed by atoms with van der Waals surface area (Å²) in [7, 11) is 1.87. The quantitative estimate of drug-likeness (QED) is 0.766. The lowest BCUT2D eigenvalue weighted by molar-refractivity contribution is 0.475. The lowest BCUT2D eigenvalue weighted by Gasteiger charge is -2.08. The molecule has 6 heteroatoms. The van der Waals surface area contributed by atoms with Crippen molar-refractivity contribution in [2.45, 2.75) is 13.3 Å². The molecule has 0 radical (unpaired) electrons. The molecule has 0 atom stereocenters. The third kappa shape index (κ3) is 2.79. The van der Waals surface area contributed by atoms with Crippen LogP contribution in [0, 0.1) is 6.92 Å². The van der Waals surface area contributed by atoms with Crippen LogP contribution in [0.4, 0.5) is 5.82 Å². The zero-order valence-corrected chi connectivity index (χ0v) is 12.0. The van der Waals surface area contributed by atoms with Crippen molar-refractivity contribution < 1.29 is 5.11 Å². The van der Waals surface area contributed by atoms with Gasteiger partial charge in [0, 0.05) is 13.6 Å². The van der Waals surface area contributed by atoms with Crippen LogP contribution < -0.4 is 5.32 Å². The SMILES string of the molecule is Cc1nc(NCCc2ccc(O)cc2)c2cnn(C)c2n1. The Bertz CT molecular complexity index is 764. The fourth-order valence-corrected chi connectivity index (χ4v) is 2.25. The molecule has 0 saturated heterocycles. The Balaban J connectivity index is 1.74. The Morgan fingerprint density at radius 3 is 2.71 bits per heavy atom. The summed E-state index contributed by atoms with van der Waals surface area (Å²) in [6.45, 7) is 2.63. The lowest BCUT2D eigenvalue weighted by atomic mass is 10.1. The predicted molar refractivity (Wildman–Crippen MR) is 81.3 cm³/mol. The van der Waals surface area contributed by atoms with E-state index in [2.05, 4.69) is 20.4 Å². The number of hydrogen-bond donors (Lipinski definition) is 2. The predicted octanol–water partition coefficient (Wildman–Crippen LogP) is 2.03. The van der Waals surface area contributed by atoms with Gasteiger partial charge in [0.15, 0.2) is 5.65 Å². The summed E-state index contributed by atoms with van der Waals surface area (Å²) in [5.41, 5.74) is 1.99. The number of nitrogens with one attached hydrogen (secondary N) is 1. The molecule has 0 spiro atoms. The molecule has 108 valence electrons. The van der Waals surface area contributed by atoms with Crippen LogP contribution in [0.2, 0.25) is 0 Å². The molecule has 6 nitrogen and oxygen atoms in total. The van der Waals surface area contributed by atoms with E-state index in [1.54, 1.807) is 23.0 Å². The van der Waals surface area contributed by atoms with Gasteiger partial charge in [-0.1, -0.05) is 12.1 Å². The average Bonchev–Trinajstić information content (AvgIpc) is 2.83. The van der Waals surface area contributed by atoms with Crippen LogP contribution >= 0.6 is 0 Å². The topological polar surface area (TPSA) is 75.9 Å². The second-order valence-electron chi connectivity index (χ2n) is 4.97. The molecule has 2 N–H and O–H groups in total. The van der Waals surface area contributed by atoms with Gasteiger partial charge in [-0.15, -0.1) is 0 Å². The summed E-state index contributed by atoms with van der Waals surface area (Å²) in [6.07, 6.45) is 2.63. The number of aromatic nitrogens is 4. The molecule has 3 aromatic rings. The zero-order chi connectivity index (χ0) is 14.8. The van der Waals surface area contributed by atoms with Gasteiger partial charge in [0.2, 0.25) is 0 Å². The smallest absolute Gasteiger partial charge is 0.163 e. The van der Waals surface area contributed by atoms with Crippen LogP contribution in [-0.2, 0) is 13.5 Å². The zero-order valence-electron chi connectivity index (χ0n) is 12.0. The highest BCUT2D eigenvalue weighted by molar-refractivity contribution is 5.86. The lowest BCUT2D eigenvalue weighted by Crippen LogP contribution is -2.08. The van der Waals surface area contributed by atoms with Crippen LogP contribution in [0.25, 0.3) is 11.0 Å². The van der Waals surface area contributed by atoms with Crippen molar-refractivity contribution >= 4 is 16.9 Å². The van der Waals surface area contributed by atoms with Gasteiger partial charge < -0.3 is 10.4 Å². The molecule has 0 aliphatic heterocycles. The Morgan fingerprint density at radius 1 is 1.19 bits per heavy atom.